The molecule has 1 fully saturated rings. The average Bonchev–Trinajstić information content (AvgIpc) is 3.61. The Morgan fingerprint density at radius 1 is 1.13 bits per heavy atom. The Morgan fingerprint density at radius 2 is 1.87 bits per heavy atom. The minimum absolute atomic E-state index is 0.00761. The smallest absolute Gasteiger partial charge is 0.227 e. The van der Waals surface area contributed by atoms with Crippen LogP contribution >= 0.6 is 0 Å². The molecule has 6 heteroatoms. The van der Waals surface area contributed by atoms with Crippen molar-refractivity contribution in [3.05, 3.63) is 77.1 Å². The zero-order chi connectivity index (χ0) is 21.8. The van der Waals surface area contributed by atoms with Gasteiger partial charge in [0.1, 0.15) is 0 Å². The number of nitrogens with one attached hydrogen (secondary N) is 2. The number of aryl methyl sites for hydroxylation is 3. The Hall–Kier alpha value is -3.25. The van der Waals surface area contributed by atoms with Crippen molar-refractivity contribution in [2.24, 2.45) is 11.7 Å². The number of anilines is 3. The summed E-state index contributed by atoms with van der Waals surface area (Å²) in [6.45, 7) is 3.99. The van der Waals surface area contributed by atoms with E-state index in [1.165, 1.54) is 0 Å². The van der Waals surface area contributed by atoms with Crippen LogP contribution in [0.4, 0.5) is 17.3 Å². The highest BCUT2D eigenvalue weighted by Gasteiger charge is 2.29. The molecule has 1 atom stereocenters. The monoisotopic (exact) mass is 415 g/mol. The van der Waals surface area contributed by atoms with Crippen molar-refractivity contribution in [2.75, 3.05) is 10.6 Å². The van der Waals surface area contributed by atoms with E-state index < -0.39 is 0 Å². The topological polar surface area (TPSA) is 92.9 Å². The number of rotatable bonds is 8. The molecule has 160 valence electrons. The van der Waals surface area contributed by atoms with Crippen molar-refractivity contribution in [3.8, 4) is 0 Å². The van der Waals surface area contributed by atoms with Gasteiger partial charge in [-0.05, 0) is 74.4 Å². The summed E-state index contributed by atoms with van der Waals surface area (Å²) in [4.78, 5) is 21.3. The van der Waals surface area contributed by atoms with Crippen LogP contribution in [-0.2, 0) is 17.6 Å². The van der Waals surface area contributed by atoms with Crippen LogP contribution in [0.15, 0.2) is 54.7 Å². The van der Waals surface area contributed by atoms with Crippen LogP contribution in [0, 0.1) is 12.8 Å². The zero-order valence-electron chi connectivity index (χ0n) is 18.1. The quantitative estimate of drug-likeness (QED) is 0.497. The van der Waals surface area contributed by atoms with E-state index >= 15 is 0 Å². The van der Waals surface area contributed by atoms with Crippen molar-refractivity contribution in [1.29, 1.82) is 0 Å². The summed E-state index contributed by atoms with van der Waals surface area (Å²) in [6.07, 6.45) is 5.40. The molecule has 1 aliphatic carbocycles. The fourth-order valence-corrected chi connectivity index (χ4v) is 3.48. The van der Waals surface area contributed by atoms with Crippen LogP contribution in [0.25, 0.3) is 0 Å². The highest BCUT2D eigenvalue weighted by Crippen LogP contribution is 2.31. The molecule has 4 N–H and O–H groups in total. The van der Waals surface area contributed by atoms with Gasteiger partial charge in [-0.3, -0.25) is 4.79 Å². The lowest BCUT2D eigenvalue weighted by Gasteiger charge is -2.13. The molecule has 1 heterocycles. The first-order chi connectivity index (χ1) is 15.0. The van der Waals surface area contributed by atoms with E-state index in [0.29, 0.717) is 5.95 Å². The van der Waals surface area contributed by atoms with Crippen LogP contribution in [-0.4, -0.2) is 15.9 Å². The Labute approximate surface area is 183 Å². The number of carbonyl (C=O) groups excluding carboxylic acids is 1. The van der Waals surface area contributed by atoms with Gasteiger partial charge in [-0.2, -0.15) is 0 Å². The Bertz CT molecular complexity index is 1060. The molecule has 1 aliphatic rings. The molecule has 4 rings (SSSR count). The molecule has 6 nitrogen and oxygen atoms in total. The van der Waals surface area contributed by atoms with E-state index in [2.05, 4.69) is 21.7 Å². The van der Waals surface area contributed by atoms with Crippen molar-refractivity contribution in [1.82, 2.24) is 9.97 Å². The number of nitrogens with two attached hydrogens (primary N) is 1. The van der Waals surface area contributed by atoms with Crippen LogP contribution in [0.3, 0.4) is 0 Å². The summed E-state index contributed by atoms with van der Waals surface area (Å²) < 4.78 is 0. The molecule has 1 saturated carbocycles. The largest absolute Gasteiger partial charge is 0.326 e. The van der Waals surface area contributed by atoms with E-state index in [9.17, 15) is 4.79 Å². The number of hydrogen-bond acceptors (Lipinski definition) is 5. The third-order valence-corrected chi connectivity index (χ3v) is 5.62. The van der Waals surface area contributed by atoms with Gasteiger partial charge in [-0.15, -0.1) is 0 Å². The minimum atomic E-state index is 0.00761. The second-order valence-electron chi connectivity index (χ2n) is 8.28. The Kier molecular flexibility index (Phi) is 6.28. The number of para-hydroxylation sites is 1. The molecule has 1 amide bonds. The SMILES string of the molecule is Cc1cnc(Nc2ccc(C(C)N)cc2)nc1CCc1ccccc1NC(=O)C1CC1. The summed E-state index contributed by atoms with van der Waals surface area (Å²) in [5.41, 5.74) is 12.0. The molecule has 0 aliphatic heterocycles. The zero-order valence-corrected chi connectivity index (χ0v) is 18.1. The lowest BCUT2D eigenvalue weighted by molar-refractivity contribution is -0.117. The molecule has 0 saturated heterocycles. The number of hydrogen-bond donors (Lipinski definition) is 3. The molecule has 0 spiro atoms. The number of amides is 1. The van der Waals surface area contributed by atoms with Gasteiger partial charge in [0, 0.05) is 35.2 Å². The van der Waals surface area contributed by atoms with Gasteiger partial charge in [0.2, 0.25) is 11.9 Å². The highest BCUT2D eigenvalue weighted by molar-refractivity contribution is 5.94. The second kappa shape index (κ2) is 9.27. The Balaban J connectivity index is 1.44. The molecule has 0 bridgehead atoms. The van der Waals surface area contributed by atoms with Crippen molar-refractivity contribution < 1.29 is 4.79 Å². The van der Waals surface area contributed by atoms with Crippen molar-refractivity contribution in [2.45, 2.75) is 45.6 Å². The maximum atomic E-state index is 12.2. The molecular weight excluding hydrogens is 386 g/mol. The fraction of sp³-hybridized carbons (Fsp3) is 0.320. The van der Waals surface area contributed by atoms with Crippen LogP contribution in [0.5, 0.6) is 0 Å². The summed E-state index contributed by atoms with van der Waals surface area (Å²) in [5, 5.41) is 6.36. The lowest BCUT2D eigenvalue weighted by Crippen LogP contribution is -2.15. The van der Waals surface area contributed by atoms with Gasteiger partial charge in [-0.25, -0.2) is 9.97 Å². The highest BCUT2D eigenvalue weighted by atomic mass is 16.2. The number of aromatic nitrogens is 2. The third-order valence-electron chi connectivity index (χ3n) is 5.62. The summed E-state index contributed by atoms with van der Waals surface area (Å²) >= 11 is 0. The number of benzene rings is 2. The normalized spacial score (nSPS) is 14.2. The first kappa shape index (κ1) is 21.0. The lowest BCUT2D eigenvalue weighted by atomic mass is 10.0. The van der Waals surface area contributed by atoms with Crippen LogP contribution in [0.1, 0.15) is 48.2 Å². The van der Waals surface area contributed by atoms with E-state index in [0.717, 1.165) is 59.4 Å². The molecular formula is C25H29N5O. The maximum absolute atomic E-state index is 12.2. The molecule has 2 aromatic carbocycles. The predicted molar refractivity (Wildman–Crippen MR) is 124 cm³/mol. The predicted octanol–water partition coefficient (Wildman–Crippen LogP) is 4.68. The maximum Gasteiger partial charge on any atom is 0.227 e. The van der Waals surface area contributed by atoms with Gasteiger partial charge >= 0.3 is 0 Å². The van der Waals surface area contributed by atoms with Crippen LogP contribution < -0.4 is 16.4 Å². The fourth-order valence-electron chi connectivity index (χ4n) is 3.48. The van der Waals surface area contributed by atoms with Crippen molar-refractivity contribution >= 4 is 23.2 Å². The van der Waals surface area contributed by atoms with Gasteiger partial charge in [0.05, 0.1) is 0 Å². The summed E-state index contributed by atoms with van der Waals surface area (Å²) in [5.74, 6) is 0.893. The minimum Gasteiger partial charge on any atom is -0.326 e. The molecule has 1 aromatic heterocycles. The van der Waals surface area contributed by atoms with Crippen LogP contribution in [0.2, 0.25) is 0 Å². The van der Waals surface area contributed by atoms with Gasteiger partial charge in [0.25, 0.3) is 0 Å². The van der Waals surface area contributed by atoms with E-state index in [1.807, 2.05) is 62.5 Å². The first-order valence-corrected chi connectivity index (χ1v) is 10.8. The van der Waals surface area contributed by atoms with Gasteiger partial charge in [0.15, 0.2) is 0 Å². The molecule has 1 unspecified atom stereocenters. The second-order valence-corrected chi connectivity index (χ2v) is 8.28. The van der Waals surface area contributed by atoms with Gasteiger partial charge < -0.3 is 16.4 Å². The molecule has 3 aromatic rings. The number of carbonyl (C=O) groups is 1. The summed E-state index contributed by atoms with van der Waals surface area (Å²) in [6, 6.07) is 16.0. The summed E-state index contributed by atoms with van der Waals surface area (Å²) in [7, 11) is 0. The first-order valence-electron chi connectivity index (χ1n) is 10.8. The van der Waals surface area contributed by atoms with Crippen molar-refractivity contribution in [3.63, 3.8) is 0 Å². The third kappa shape index (κ3) is 5.47. The molecule has 0 radical (unpaired) electrons. The molecule has 31 heavy (non-hydrogen) atoms. The van der Waals surface area contributed by atoms with E-state index in [-0.39, 0.29) is 17.9 Å². The standard InChI is InChI=1S/C25H29N5O/c1-16-15-27-25(28-21-12-9-18(10-13-21)17(2)26)30-22(16)14-11-19-5-3-4-6-23(19)29-24(31)20-7-8-20/h3-6,9-10,12-13,15,17,20H,7-8,11,14,26H2,1-2H3,(H,29,31)(H,27,28,30). The van der Waals surface area contributed by atoms with Gasteiger partial charge in [-0.1, -0.05) is 30.3 Å². The van der Waals surface area contributed by atoms with E-state index in [4.69, 9.17) is 10.7 Å². The number of nitrogens with zero attached hydrogens (tertiary/aromatic N) is 2. The average molecular weight is 416 g/mol. The Morgan fingerprint density at radius 3 is 2.58 bits per heavy atom. The van der Waals surface area contributed by atoms with E-state index in [1.54, 1.807) is 0 Å².